The number of carbonyl (C=O) groups excluding carboxylic acids is 1. The largest absolute Gasteiger partial charge is 0.469 e. The zero-order valence-electron chi connectivity index (χ0n) is 15.9. The third kappa shape index (κ3) is 7.12. The third-order valence-corrected chi connectivity index (χ3v) is 3.85. The van der Waals surface area contributed by atoms with Crippen molar-refractivity contribution < 1.29 is 38.4 Å². The second-order valence-electron chi connectivity index (χ2n) is 5.81. The van der Waals surface area contributed by atoms with Gasteiger partial charge < -0.3 is 9.30 Å². The van der Waals surface area contributed by atoms with Gasteiger partial charge in [0.05, 0.1) is 39.8 Å². The van der Waals surface area contributed by atoms with Gasteiger partial charge >= 0.3 is 5.97 Å². The van der Waals surface area contributed by atoms with E-state index >= 15 is 0 Å². The molecule has 0 saturated heterocycles. The second kappa shape index (κ2) is 9.63. The number of esters is 1. The zero-order chi connectivity index (χ0) is 20.8. The van der Waals surface area contributed by atoms with Gasteiger partial charge in [0.15, 0.2) is 0 Å². The Morgan fingerprint density at radius 3 is 2.19 bits per heavy atom. The van der Waals surface area contributed by atoms with Crippen molar-refractivity contribution in [1.29, 1.82) is 0 Å². The fourth-order valence-corrected chi connectivity index (χ4v) is 2.64. The molecule has 0 unspecified atom stereocenters. The van der Waals surface area contributed by atoms with Crippen molar-refractivity contribution in [3.8, 4) is 0 Å². The van der Waals surface area contributed by atoms with Crippen LogP contribution in [-0.2, 0) is 23.0 Å². The molecule has 2 rings (SSSR count). The number of aryl methyl sites for hydroxylation is 2. The molecule has 0 aliphatic carbocycles. The van der Waals surface area contributed by atoms with Crippen LogP contribution in [0.25, 0.3) is 0 Å². The molecule has 8 nitrogen and oxygen atoms in total. The summed E-state index contributed by atoms with van der Waals surface area (Å²) in [5, 5.41) is 0. The van der Waals surface area contributed by atoms with Crippen LogP contribution in [0.2, 0.25) is 0 Å². The van der Waals surface area contributed by atoms with Crippen molar-refractivity contribution in [3.63, 3.8) is 0 Å². The van der Waals surface area contributed by atoms with E-state index in [-0.39, 0.29) is 12.4 Å². The lowest BCUT2D eigenvalue weighted by Gasteiger charge is -2.11. The summed E-state index contributed by atoms with van der Waals surface area (Å²) in [4.78, 5) is 16.0. The van der Waals surface area contributed by atoms with Crippen LogP contribution >= 0.6 is 0 Å². The lowest BCUT2D eigenvalue weighted by Crippen LogP contribution is -2.58. The van der Waals surface area contributed by atoms with Crippen molar-refractivity contribution in [2.75, 3.05) is 14.2 Å². The van der Waals surface area contributed by atoms with E-state index in [1.165, 1.54) is 12.7 Å². The maximum absolute atomic E-state index is 11.5. The number of hydrogen-bond donors (Lipinski definition) is 1. The number of carbonyl (C=O) groups is 1. The third-order valence-electron chi connectivity index (χ3n) is 3.85. The molecule has 9 heteroatoms. The second-order valence-corrected chi connectivity index (χ2v) is 6.61. The number of benzene rings is 1. The molecule has 0 radical (unpaired) electrons. The quantitative estimate of drug-likeness (QED) is 0.502. The number of rotatable bonds is 4. The first-order valence-electron chi connectivity index (χ1n) is 7.87. The number of hydrogen-bond acceptors (Lipinski definition) is 7. The molecule has 1 aromatic carbocycles. The van der Waals surface area contributed by atoms with Crippen LogP contribution in [0.1, 0.15) is 28.1 Å². The fourth-order valence-electron chi connectivity index (χ4n) is 2.64. The van der Waals surface area contributed by atoms with Gasteiger partial charge in [0.1, 0.15) is 0 Å². The van der Waals surface area contributed by atoms with E-state index in [1.54, 1.807) is 7.05 Å². The van der Waals surface area contributed by atoms with E-state index in [0.29, 0.717) is 0 Å². The van der Waals surface area contributed by atoms with Gasteiger partial charge in [-0.25, -0.2) is 0 Å². The van der Waals surface area contributed by atoms with E-state index in [2.05, 4.69) is 36.2 Å². The molecule has 0 aliphatic rings. The summed E-state index contributed by atoms with van der Waals surface area (Å²) in [6.45, 7) is 4.10. The van der Waals surface area contributed by atoms with E-state index in [0.717, 1.165) is 28.2 Å². The Balaban J connectivity index is 0.000000646. The van der Waals surface area contributed by atoms with E-state index in [9.17, 15) is 4.79 Å². The van der Waals surface area contributed by atoms with Gasteiger partial charge in [-0.05, 0) is 25.5 Å². The number of halogens is 1. The number of aliphatic imine (C=N–C) groups is 1. The maximum Gasteiger partial charge on any atom is 0.311 e. The van der Waals surface area contributed by atoms with Crippen LogP contribution in [0, 0.1) is 24.1 Å². The highest BCUT2D eigenvalue weighted by molar-refractivity contribution is 6.12. The Hall–Kier alpha value is -2.23. The van der Waals surface area contributed by atoms with Gasteiger partial charge in [0.2, 0.25) is 0 Å². The number of ether oxygens (including phenoxy) is 1. The Morgan fingerprint density at radius 2 is 1.74 bits per heavy atom. The molecule has 0 saturated carbocycles. The first-order valence-corrected chi connectivity index (χ1v) is 9.13. The average Bonchev–Trinajstić information content (AvgIpc) is 2.83. The lowest BCUT2D eigenvalue weighted by atomic mass is 10.0. The Labute approximate surface area is 160 Å². The predicted octanol–water partition coefficient (Wildman–Crippen LogP) is -1.30. The van der Waals surface area contributed by atoms with Crippen LogP contribution in [0.4, 0.5) is 0 Å². The molecular formula is C18H23ClN2O6. The van der Waals surface area contributed by atoms with Crippen molar-refractivity contribution in [1.82, 2.24) is 4.57 Å². The summed E-state index contributed by atoms with van der Waals surface area (Å²) >= 11 is 0. The van der Waals surface area contributed by atoms with Crippen LogP contribution in [-0.4, -0.2) is 35.1 Å². The van der Waals surface area contributed by atoms with Crippen LogP contribution in [0.5, 0.6) is 0 Å². The summed E-state index contributed by atoms with van der Waals surface area (Å²) in [5.41, 5.74) is 6.27. The minimum absolute atomic E-state index is 0.238. The first kappa shape index (κ1) is 22.8. The molecule has 1 N–H and O–H groups in total. The molecule has 2 aromatic rings. The molecular weight excluding hydrogens is 376 g/mol. The molecule has 1 heterocycles. The Morgan fingerprint density at radius 1 is 1.22 bits per heavy atom. The van der Waals surface area contributed by atoms with Crippen LogP contribution in [0.3, 0.4) is 0 Å². The monoisotopic (exact) mass is 398 g/mol. The predicted molar refractivity (Wildman–Crippen MR) is 90.8 cm³/mol. The molecule has 0 bridgehead atoms. The zero-order valence-corrected chi connectivity index (χ0v) is 16.6. The molecule has 27 heavy (non-hydrogen) atoms. The number of aromatic nitrogens is 1. The summed E-state index contributed by atoms with van der Waals surface area (Å²) in [6.07, 6.45) is 0.263. The summed E-state index contributed by atoms with van der Waals surface area (Å²) in [6, 6.07) is 10.3. The number of nitrogens with zero attached hydrogens (tertiary/aromatic N) is 2. The van der Waals surface area contributed by atoms with Crippen molar-refractivity contribution >= 4 is 11.7 Å². The molecule has 0 spiro atoms. The lowest BCUT2D eigenvalue weighted by molar-refractivity contribution is -1.92. The summed E-state index contributed by atoms with van der Waals surface area (Å²) in [7, 11) is 0.464. The molecule has 0 aliphatic heterocycles. The van der Waals surface area contributed by atoms with E-state index in [1.807, 2.05) is 24.6 Å². The van der Waals surface area contributed by atoms with Crippen molar-refractivity contribution in [2.45, 2.75) is 20.3 Å². The van der Waals surface area contributed by atoms with Gasteiger partial charge in [0, 0.05) is 25.4 Å². The van der Waals surface area contributed by atoms with Gasteiger partial charge in [0.25, 0.3) is 0 Å². The van der Waals surface area contributed by atoms with Gasteiger partial charge in [-0.3, -0.25) is 9.79 Å². The number of methoxy groups -OCH3 is 1. The van der Waals surface area contributed by atoms with Gasteiger partial charge in [-0.1, -0.05) is 29.8 Å². The minimum atomic E-state index is -4.69. The Bertz CT molecular complexity index is 800. The molecule has 1 aromatic heterocycles. The maximum atomic E-state index is 11.5. The highest BCUT2D eigenvalue weighted by Crippen LogP contribution is 2.20. The smallest absolute Gasteiger partial charge is 0.311 e. The summed E-state index contributed by atoms with van der Waals surface area (Å²) in [5.74, 6) is -0.238. The standard InChI is InChI=1S/C18H22N2O2.ClHO4/c1-12-6-8-14(9-7-12)17(19-3)18-13(2)10-15(20(18)4)11-16(21)22-5;2-1(3,4)5/h6-10H,11H2,1-5H3;(H,2,3,4,5). The van der Waals surface area contributed by atoms with Gasteiger partial charge in [-0.15, -0.1) is 0 Å². The first-order chi connectivity index (χ1) is 12.5. The van der Waals surface area contributed by atoms with Crippen LogP contribution in [0.15, 0.2) is 35.3 Å². The summed E-state index contributed by atoms with van der Waals surface area (Å²) < 4.78 is 39.5. The van der Waals surface area contributed by atoms with Crippen molar-refractivity contribution in [3.05, 3.63) is 58.4 Å². The highest BCUT2D eigenvalue weighted by Gasteiger charge is 2.18. The Kier molecular flexibility index (Phi) is 8.14. The average molecular weight is 399 g/mol. The topological polar surface area (TPSA) is 133 Å². The van der Waals surface area contributed by atoms with Crippen molar-refractivity contribution in [2.24, 2.45) is 12.0 Å². The van der Waals surface area contributed by atoms with Crippen LogP contribution < -0.4 is 14.0 Å². The molecule has 0 amide bonds. The highest BCUT2D eigenvalue weighted by atomic mass is 35.7. The minimum Gasteiger partial charge on any atom is -0.469 e. The normalized spacial score (nSPS) is 11.7. The molecule has 0 fully saturated rings. The molecule has 0 atom stereocenters. The van der Waals surface area contributed by atoms with E-state index < -0.39 is 10.2 Å². The fraction of sp³-hybridized carbons (Fsp3) is 0.333. The van der Waals surface area contributed by atoms with E-state index in [4.69, 9.17) is 23.4 Å². The molecule has 148 valence electrons. The van der Waals surface area contributed by atoms with Gasteiger partial charge in [-0.2, -0.15) is 14.0 Å². The SMILES string of the molecule is CN=C(c1ccc(C)cc1)c1c(C)cc(CC(=O)OC)n1C.[O-][Cl+3]([O-])([O-])O.